The summed E-state index contributed by atoms with van der Waals surface area (Å²) < 4.78 is 6.71. The highest BCUT2D eigenvalue weighted by atomic mass is 16.6. The van der Waals surface area contributed by atoms with Gasteiger partial charge in [-0.05, 0) is 40.7 Å². The fourth-order valence-electron chi connectivity index (χ4n) is 1.87. The lowest BCUT2D eigenvalue weighted by molar-refractivity contribution is 0.0517. The molecule has 1 aromatic heterocycles. The van der Waals surface area contributed by atoms with Crippen LogP contribution in [0.25, 0.3) is 11.3 Å². The minimum atomic E-state index is -0.540. The van der Waals surface area contributed by atoms with Gasteiger partial charge in [0.15, 0.2) is 0 Å². The second-order valence-electron chi connectivity index (χ2n) is 5.93. The first-order valence-electron chi connectivity index (χ1n) is 6.63. The van der Waals surface area contributed by atoms with Crippen molar-refractivity contribution in [3.05, 3.63) is 41.6 Å². The second kappa shape index (κ2) is 5.12. The van der Waals surface area contributed by atoms with Gasteiger partial charge in [0.25, 0.3) is 0 Å². The molecule has 4 nitrogen and oxygen atoms in total. The third-order valence-electron chi connectivity index (χ3n) is 2.75. The zero-order chi connectivity index (χ0) is 14.9. The van der Waals surface area contributed by atoms with Gasteiger partial charge in [0.2, 0.25) is 0 Å². The quantitative estimate of drug-likeness (QED) is 0.789. The number of carbonyl (C=O) groups is 1. The van der Waals surface area contributed by atoms with Crippen molar-refractivity contribution in [2.24, 2.45) is 0 Å². The molecule has 0 unspecified atom stereocenters. The molecule has 0 amide bonds. The monoisotopic (exact) mass is 272 g/mol. The summed E-state index contributed by atoms with van der Waals surface area (Å²) in [7, 11) is 0. The Balaban J connectivity index is 2.40. The Morgan fingerprint density at radius 2 is 1.75 bits per heavy atom. The SMILES string of the molecule is Cc1ccc(-c2cc(C)nn2C(=O)OC(C)(C)C)cc1. The van der Waals surface area contributed by atoms with E-state index in [9.17, 15) is 4.79 Å². The fraction of sp³-hybridized carbons (Fsp3) is 0.375. The molecular formula is C16H20N2O2. The molecule has 0 atom stereocenters. The Kier molecular flexibility index (Phi) is 3.66. The minimum Gasteiger partial charge on any atom is -0.442 e. The summed E-state index contributed by atoms with van der Waals surface area (Å²) in [6, 6.07) is 9.86. The largest absolute Gasteiger partial charge is 0.442 e. The Morgan fingerprint density at radius 3 is 2.30 bits per heavy atom. The number of aryl methyl sites for hydroxylation is 2. The zero-order valence-corrected chi connectivity index (χ0v) is 12.6. The molecule has 0 aliphatic carbocycles. The first-order chi connectivity index (χ1) is 9.26. The maximum atomic E-state index is 12.2. The standard InChI is InChI=1S/C16H20N2O2/c1-11-6-8-13(9-7-11)14-10-12(2)17-18(14)15(19)20-16(3,4)5/h6-10H,1-5H3. The van der Waals surface area contributed by atoms with Crippen molar-refractivity contribution in [1.82, 2.24) is 9.78 Å². The number of nitrogens with zero attached hydrogens (tertiary/aromatic N) is 2. The molecular weight excluding hydrogens is 252 g/mol. The van der Waals surface area contributed by atoms with Gasteiger partial charge in [-0.1, -0.05) is 29.8 Å². The lowest BCUT2D eigenvalue weighted by Crippen LogP contribution is -2.28. The molecule has 0 saturated heterocycles. The van der Waals surface area contributed by atoms with E-state index >= 15 is 0 Å². The molecule has 0 spiro atoms. The summed E-state index contributed by atoms with van der Waals surface area (Å²) in [5.41, 5.74) is 3.11. The van der Waals surface area contributed by atoms with E-state index in [1.54, 1.807) is 0 Å². The molecule has 0 radical (unpaired) electrons. The molecule has 1 heterocycles. The van der Waals surface area contributed by atoms with E-state index in [0.717, 1.165) is 17.0 Å². The summed E-state index contributed by atoms with van der Waals surface area (Å²) in [6.07, 6.45) is -0.457. The number of hydrogen-bond donors (Lipinski definition) is 0. The third-order valence-corrected chi connectivity index (χ3v) is 2.75. The van der Waals surface area contributed by atoms with E-state index in [1.807, 2.05) is 65.0 Å². The molecule has 0 fully saturated rings. The normalized spacial score (nSPS) is 11.4. The maximum Gasteiger partial charge on any atom is 0.435 e. The Hall–Kier alpha value is -2.10. The Labute approximate surface area is 119 Å². The van der Waals surface area contributed by atoms with Gasteiger partial charge >= 0.3 is 6.09 Å². The minimum absolute atomic E-state index is 0.457. The van der Waals surface area contributed by atoms with Crippen LogP contribution in [0.15, 0.2) is 30.3 Å². The van der Waals surface area contributed by atoms with Gasteiger partial charge in [-0.25, -0.2) is 4.79 Å². The molecule has 4 heteroatoms. The van der Waals surface area contributed by atoms with Gasteiger partial charge in [-0.15, -0.1) is 0 Å². The number of carbonyl (C=O) groups excluding carboxylic acids is 1. The first-order valence-corrected chi connectivity index (χ1v) is 6.63. The highest BCUT2D eigenvalue weighted by Crippen LogP contribution is 2.22. The van der Waals surface area contributed by atoms with E-state index in [0.29, 0.717) is 0 Å². The van der Waals surface area contributed by atoms with Crippen molar-refractivity contribution < 1.29 is 9.53 Å². The first kappa shape index (κ1) is 14.3. The van der Waals surface area contributed by atoms with Crippen LogP contribution < -0.4 is 0 Å². The van der Waals surface area contributed by atoms with Gasteiger partial charge < -0.3 is 4.74 Å². The van der Waals surface area contributed by atoms with Crippen LogP contribution in [0, 0.1) is 13.8 Å². The van der Waals surface area contributed by atoms with Crippen LogP contribution in [0.5, 0.6) is 0 Å². The van der Waals surface area contributed by atoms with Crippen molar-refractivity contribution >= 4 is 6.09 Å². The van der Waals surface area contributed by atoms with Gasteiger partial charge in [0.05, 0.1) is 11.4 Å². The van der Waals surface area contributed by atoms with Crippen molar-refractivity contribution in [3.63, 3.8) is 0 Å². The maximum absolute atomic E-state index is 12.2. The van der Waals surface area contributed by atoms with Crippen LogP contribution in [0.1, 0.15) is 32.0 Å². The average molecular weight is 272 g/mol. The Morgan fingerprint density at radius 1 is 1.15 bits per heavy atom. The number of hydrogen-bond acceptors (Lipinski definition) is 3. The average Bonchev–Trinajstić information content (AvgIpc) is 2.70. The van der Waals surface area contributed by atoms with E-state index in [4.69, 9.17) is 4.74 Å². The van der Waals surface area contributed by atoms with Crippen LogP contribution >= 0.6 is 0 Å². The number of ether oxygens (including phenoxy) is 1. The molecule has 0 saturated carbocycles. The lowest BCUT2D eigenvalue weighted by atomic mass is 10.1. The van der Waals surface area contributed by atoms with Crippen molar-refractivity contribution in [2.75, 3.05) is 0 Å². The smallest absolute Gasteiger partial charge is 0.435 e. The van der Waals surface area contributed by atoms with Crippen molar-refractivity contribution in [3.8, 4) is 11.3 Å². The summed E-state index contributed by atoms with van der Waals surface area (Å²) in [5, 5.41) is 4.24. The molecule has 2 rings (SSSR count). The summed E-state index contributed by atoms with van der Waals surface area (Å²) >= 11 is 0. The number of benzene rings is 1. The molecule has 106 valence electrons. The predicted molar refractivity (Wildman–Crippen MR) is 78.8 cm³/mol. The van der Waals surface area contributed by atoms with Gasteiger partial charge in [0, 0.05) is 5.56 Å². The van der Waals surface area contributed by atoms with E-state index in [2.05, 4.69) is 5.10 Å². The zero-order valence-electron chi connectivity index (χ0n) is 12.6. The highest BCUT2D eigenvalue weighted by molar-refractivity contribution is 5.77. The molecule has 0 aliphatic heterocycles. The highest BCUT2D eigenvalue weighted by Gasteiger charge is 2.21. The molecule has 1 aromatic carbocycles. The van der Waals surface area contributed by atoms with Gasteiger partial charge in [-0.2, -0.15) is 9.78 Å². The number of aromatic nitrogens is 2. The predicted octanol–water partition coefficient (Wildman–Crippen LogP) is 3.95. The fourth-order valence-corrected chi connectivity index (χ4v) is 1.87. The van der Waals surface area contributed by atoms with E-state index in [-0.39, 0.29) is 0 Å². The third kappa shape index (κ3) is 3.26. The van der Waals surface area contributed by atoms with Crippen molar-refractivity contribution in [2.45, 2.75) is 40.2 Å². The van der Waals surface area contributed by atoms with E-state index < -0.39 is 11.7 Å². The molecule has 2 aromatic rings. The van der Waals surface area contributed by atoms with Crippen LogP contribution in [0.4, 0.5) is 4.79 Å². The summed E-state index contributed by atoms with van der Waals surface area (Å²) in [4.78, 5) is 12.2. The summed E-state index contributed by atoms with van der Waals surface area (Å²) in [5.74, 6) is 0. The van der Waals surface area contributed by atoms with Crippen molar-refractivity contribution in [1.29, 1.82) is 0 Å². The van der Waals surface area contributed by atoms with Crippen LogP contribution in [-0.4, -0.2) is 21.5 Å². The molecule has 0 N–H and O–H groups in total. The molecule has 20 heavy (non-hydrogen) atoms. The molecule has 0 aliphatic rings. The Bertz CT molecular complexity index is 619. The van der Waals surface area contributed by atoms with Crippen LogP contribution in [0.2, 0.25) is 0 Å². The summed E-state index contributed by atoms with van der Waals surface area (Å²) in [6.45, 7) is 9.41. The molecule has 0 bridgehead atoms. The number of rotatable bonds is 1. The lowest BCUT2D eigenvalue weighted by Gasteiger charge is -2.19. The topological polar surface area (TPSA) is 44.1 Å². The van der Waals surface area contributed by atoms with Gasteiger partial charge in [-0.3, -0.25) is 0 Å². The van der Waals surface area contributed by atoms with Crippen LogP contribution in [0.3, 0.4) is 0 Å². The van der Waals surface area contributed by atoms with E-state index in [1.165, 1.54) is 10.2 Å². The van der Waals surface area contributed by atoms with Gasteiger partial charge in [0.1, 0.15) is 5.60 Å². The van der Waals surface area contributed by atoms with Crippen LogP contribution in [-0.2, 0) is 4.74 Å². The second-order valence-corrected chi connectivity index (χ2v) is 5.93.